The zero-order valence-corrected chi connectivity index (χ0v) is 25.3. The van der Waals surface area contributed by atoms with Crippen molar-refractivity contribution in [3.63, 3.8) is 0 Å². The first-order chi connectivity index (χ1) is 19.8. The highest BCUT2D eigenvalue weighted by Crippen LogP contribution is 2.47. The van der Waals surface area contributed by atoms with E-state index in [0.29, 0.717) is 23.0 Å². The summed E-state index contributed by atoms with van der Waals surface area (Å²) in [5, 5.41) is 12.4. The van der Waals surface area contributed by atoms with Crippen molar-refractivity contribution in [3.05, 3.63) is 89.0 Å². The van der Waals surface area contributed by atoms with Gasteiger partial charge < -0.3 is 10.2 Å². The van der Waals surface area contributed by atoms with Crippen LogP contribution < -0.4 is 10.2 Å². The summed E-state index contributed by atoms with van der Waals surface area (Å²) >= 11 is 1.82. The van der Waals surface area contributed by atoms with Crippen molar-refractivity contribution in [1.29, 1.82) is 5.26 Å². The van der Waals surface area contributed by atoms with Gasteiger partial charge in [0.15, 0.2) is 9.84 Å². The minimum atomic E-state index is -3.32. The molecule has 1 N–H and O–H groups in total. The number of carbonyl (C=O) groups is 1. The van der Waals surface area contributed by atoms with Gasteiger partial charge in [0, 0.05) is 29.2 Å². The summed E-state index contributed by atoms with van der Waals surface area (Å²) in [6, 6.07) is 22.8. The van der Waals surface area contributed by atoms with E-state index in [9.17, 15) is 18.5 Å². The van der Waals surface area contributed by atoms with E-state index in [1.54, 1.807) is 19.1 Å². The second-order valence-electron chi connectivity index (χ2n) is 11.0. The van der Waals surface area contributed by atoms with E-state index in [4.69, 9.17) is 0 Å². The average molecular weight is 588 g/mol. The number of nitrogens with zero attached hydrogens (tertiary/aromatic N) is 2. The molecule has 6 nitrogen and oxygen atoms in total. The van der Waals surface area contributed by atoms with Crippen LogP contribution >= 0.6 is 11.8 Å². The average Bonchev–Trinajstić information content (AvgIpc) is 3.90. The summed E-state index contributed by atoms with van der Waals surface area (Å²) in [5.74, 6) is 2.11. The summed E-state index contributed by atoms with van der Waals surface area (Å²) < 4.78 is 24.3. The van der Waals surface area contributed by atoms with Gasteiger partial charge in [-0.15, -0.1) is 0 Å². The van der Waals surface area contributed by atoms with Crippen LogP contribution in [-0.4, -0.2) is 38.6 Å². The van der Waals surface area contributed by atoms with Crippen LogP contribution in [0.3, 0.4) is 0 Å². The van der Waals surface area contributed by atoms with Crippen LogP contribution in [0.2, 0.25) is 0 Å². The number of nitrogens with one attached hydrogen (secondary N) is 1. The van der Waals surface area contributed by atoms with Gasteiger partial charge in [0.25, 0.3) is 5.91 Å². The number of amides is 1. The fourth-order valence-corrected chi connectivity index (χ4v) is 6.41. The molecule has 0 aliphatic heterocycles. The number of hydrogen-bond acceptors (Lipinski definition) is 6. The van der Waals surface area contributed by atoms with Crippen LogP contribution in [0.25, 0.3) is 0 Å². The van der Waals surface area contributed by atoms with Crippen molar-refractivity contribution in [2.75, 3.05) is 29.2 Å². The molecule has 8 heteroatoms. The summed E-state index contributed by atoms with van der Waals surface area (Å²) in [6.07, 6.45) is 7.30. The highest BCUT2D eigenvalue weighted by molar-refractivity contribution is 7.98. The minimum absolute atomic E-state index is 0.0169. The maximum absolute atomic E-state index is 13.2. The fourth-order valence-electron chi connectivity index (χ4n) is 5.16. The van der Waals surface area contributed by atoms with E-state index >= 15 is 0 Å². The van der Waals surface area contributed by atoms with Crippen LogP contribution in [0.1, 0.15) is 84.0 Å². The first-order valence-corrected chi connectivity index (χ1v) is 17.4. The molecule has 2 saturated carbocycles. The quantitative estimate of drug-likeness (QED) is 0.229. The molecule has 0 spiro atoms. The second kappa shape index (κ2) is 12.7. The number of carbonyl (C=O) groups excluding carboxylic acids is 1. The molecule has 5 rings (SSSR count). The molecule has 2 aliphatic rings. The zero-order chi connectivity index (χ0) is 29.0. The van der Waals surface area contributed by atoms with E-state index in [0.717, 1.165) is 18.0 Å². The smallest absolute Gasteiger partial charge is 0.251 e. The lowest BCUT2D eigenvalue weighted by molar-refractivity contribution is 0.0937. The molecular weight excluding hydrogens is 551 g/mol. The van der Waals surface area contributed by atoms with Gasteiger partial charge in [-0.25, -0.2) is 8.42 Å². The molecule has 1 atom stereocenters. The maximum atomic E-state index is 13.2. The SMILES string of the molecule is CCS(=O)(=O)c1ccc([C@H](CC#N)NC(=O)c2ccc(N(CCSC)c3cc(C4CC4)cc(C4CC4)c3)cc2)cc1. The summed E-state index contributed by atoms with van der Waals surface area (Å²) in [6.45, 7) is 2.48. The van der Waals surface area contributed by atoms with Crippen molar-refractivity contribution in [2.45, 2.75) is 61.8 Å². The van der Waals surface area contributed by atoms with Crippen LogP contribution in [0.5, 0.6) is 0 Å². The first kappa shape index (κ1) is 29.2. The molecular formula is C33H37N3O3S2. The highest BCUT2D eigenvalue weighted by Gasteiger charge is 2.29. The summed E-state index contributed by atoms with van der Waals surface area (Å²) in [4.78, 5) is 15.8. The topological polar surface area (TPSA) is 90.3 Å². The largest absolute Gasteiger partial charge is 0.344 e. The van der Waals surface area contributed by atoms with E-state index < -0.39 is 15.9 Å². The molecule has 0 aromatic heterocycles. The Labute approximate surface area is 248 Å². The minimum Gasteiger partial charge on any atom is -0.344 e. The Morgan fingerprint density at radius 2 is 1.59 bits per heavy atom. The van der Waals surface area contributed by atoms with Crippen LogP contribution in [0.4, 0.5) is 11.4 Å². The van der Waals surface area contributed by atoms with Crippen molar-refractivity contribution >= 4 is 38.9 Å². The third kappa shape index (κ3) is 7.14. The Morgan fingerprint density at radius 1 is 0.976 bits per heavy atom. The third-order valence-corrected chi connectivity index (χ3v) is 10.3. The Hall–Kier alpha value is -3.28. The first-order valence-electron chi connectivity index (χ1n) is 14.3. The van der Waals surface area contributed by atoms with E-state index in [1.807, 2.05) is 36.0 Å². The number of nitriles is 1. The van der Waals surface area contributed by atoms with Crippen LogP contribution in [-0.2, 0) is 9.84 Å². The lowest BCUT2D eigenvalue weighted by Crippen LogP contribution is -2.28. The van der Waals surface area contributed by atoms with Gasteiger partial charge >= 0.3 is 0 Å². The summed E-state index contributed by atoms with van der Waals surface area (Å²) in [7, 11) is -3.32. The maximum Gasteiger partial charge on any atom is 0.251 e. The molecule has 2 aliphatic carbocycles. The van der Waals surface area contributed by atoms with E-state index in [2.05, 4.69) is 40.7 Å². The number of hydrogen-bond donors (Lipinski definition) is 1. The normalized spacial score (nSPS) is 15.6. The van der Waals surface area contributed by atoms with Crippen LogP contribution in [0.15, 0.2) is 71.6 Å². The number of rotatable bonds is 13. The Bertz CT molecular complexity index is 1490. The molecule has 3 aromatic carbocycles. The molecule has 0 bridgehead atoms. The molecule has 0 unspecified atom stereocenters. The predicted octanol–water partition coefficient (Wildman–Crippen LogP) is 7.12. The van der Waals surface area contributed by atoms with Crippen molar-refractivity contribution in [2.24, 2.45) is 0 Å². The number of sulfone groups is 1. The number of anilines is 2. The van der Waals surface area contributed by atoms with Gasteiger partial charge in [0.1, 0.15) is 0 Å². The van der Waals surface area contributed by atoms with Gasteiger partial charge in [-0.2, -0.15) is 17.0 Å². The molecule has 214 valence electrons. The van der Waals surface area contributed by atoms with Crippen molar-refractivity contribution in [1.82, 2.24) is 5.32 Å². The van der Waals surface area contributed by atoms with Gasteiger partial charge in [-0.3, -0.25) is 4.79 Å². The highest BCUT2D eigenvalue weighted by atomic mass is 32.2. The summed E-state index contributed by atoms with van der Waals surface area (Å²) in [5.41, 5.74) is 6.39. The third-order valence-electron chi connectivity index (χ3n) is 7.95. The molecule has 41 heavy (non-hydrogen) atoms. The molecule has 0 heterocycles. The zero-order valence-electron chi connectivity index (χ0n) is 23.7. The van der Waals surface area contributed by atoms with Gasteiger partial charge in [-0.05, 0) is 109 Å². The lowest BCUT2D eigenvalue weighted by Gasteiger charge is -2.26. The number of benzene rings is 3. The molecule has 0 radical (unpaired) electrons. The van der Waals surface area contributed by atoms with E-state index in [-0.39, 0.29) is 23.0 Å². The monoisotopic (exact) mass is 587 g/mol. The second-order valence-corrected chi connectivity index (χ2v) is 14.2. The van der Waals surface area contributed by atoms with Gasteiger partial charge in [-0.1, -0.05) is 25.1 Å². The Morgan fingerprint density at radius 3 is 2.10 bits per heavy atom. The Kier molecular flexibility index (Phi) is 9.06. The standard InChI is InChI=1S/C33H37N3O3S2/c1-3-41(38,39)31-14-10-25(11-15-31)32(16-17-34)35-33(37)26-8-12-29(13-9-26)36(18-19-40-2)30-21-27(23-4-5-23)20-28(22-30)24-6-7-24/h8-15,20-24,32H,3-7,16,18-19H2,1-2H3,(H,35,37)/t32-/m0/s1. The molecule has 0 saturated heterocycles. The predicted molar refractivity (Wildman–Crippen MR) is 167 cm³/mol. The number of thioether (sulfide) groups is 1. The fraction of sp³-hybridized carbons (Fsp3) is 0.394. The molecule has 3 aromatic rings. The van der Waals surface area contributed by atoms with Crippen LogP contribution in [0, 0.1) is 11.3 Å². The molecule has 2 fully saturated rings. The van der Waals surface area contributed by atoms with Crippen molar-refractivity contribution < 1.29 is 13.2 Å². The van der Waals surface area contributed by atoms with Gasteiger partial charge in [0.2, 0.25) is 0 Å². The van der Waals surface area contributed by atoms with E-state index in [1.165, 1.54) is 54.6 Å². The molecule has 1 amide bonds. The van der Waals surface area contributed by atoms with Crippen molar-refractivity contribution in [3.8, 4) is 6.07 Å². The lowest BCUT2D eigenvalue weighted by atomic mass is 10.0. The Balaban J connectivity index is 1.35. The van der Waals surface area contributed by atoms with Gasteiger partial charge in [0.05, 0.1) is 29.2 Å².